The van der Waals surface area contributed by atoms with Crippen LogP contribution in [0.2, 0.25) is 0 Å². The minimum absolute atomic E-state index is 0.0589. The van der Waals surface area contributed by atoms with Gasteiger partial charge in [-0.05, 0) is 19.8 Å². The van der Waals surface area contributed by atoms with Gasteiger partial charge in [-0.3, -0.25) is 0 Å². The number of nitrogens with zero attached hydrogens (tertiary/aromatic N) is 1. The van der Waals surface area contributed by atoms with Crippen LogP contribution in [0.4, 0.5) is 0 Å². The van der Waals surface area contributed by atoms with Crippen molar-refractivity contribution in [2.24, 2.45) is 5.92 Å². The van der Waals surface area contributed by atoms with Crippen LogP contribution >= 0.6 is 0 Å². The molecule has 2 aliphatic heterocycles. The number of ether oxygens (including phenoxy) is 2. The van der Waals surface area contributed by atoms with Crippen molar-refractivity contribution in [3.05, 3.63) is 23.1 Å². The second-order valence-corrected chi connectivity index (χ2v) is 6.53. The van der Waals surface area contributed by atoms with Gasteiger partial charge in [0.15, 0.2) is 0 Å². The van der Waals surface area contributed by atoms with E-state index >= 15 is 0 Å². The van der Waals surface area contributed by atoms with Crippen molar-refractivity contribution >= 4 is 0 Å². The highest BCUT2D eigenvalue weighted by Gasteiger charge is 2.55. The van der Waals surface area contributed by atoms with Crippen molar-refractivity contribution < 1.29 is 9.47 Å². The van der Waals surface area contributed by atoms with Gasteiger partial charge in [-0.25, -0.2) is 6.57 Å². The standard InChI is InChI=1S/C16H23NO2/c1-10-8-16-9-14(12(10)3)18-15(16)6-5-13(19-16)7-11(2)17-4/h8,11-15H,5-7,9H2,1-3H3/t11-,12?,13+,14+,15-,16-/m0/s1. The first kappa shape index (κ1) is 13.1. The van der Waals surface area contributed by atoms with Crippen LogP contribution < -0.4 is 0 Å². The molecule has 3 rings (SSSR count). The molecule has 0 N–H and O–H groups in total. The molecule has 2 fully saturated rings. The lowest BCUT2D eigenvalue weighted by Crippen LogP contribution is -2.48. The summed E-state index contributed by atoms with van der Waals surface area (Å²) < 4.78 is 12.6. The van der Waals surface area contributed by atoms with Gasteiger partial charge in [-0.1, -0.05) is 18.6 Å². The lowest BCUT2D eigenvalue weighted by molar-refractivity contribution is -0.141. The lowest BCUT2D eigenvalue weighted by Gasteiger charge is -2.41. The Morgan fingerprint density at radius 1 is 1.53 bits per heavy atom. The fraction of sp³-hybridized carbons (Fsp3) is 0.812. The van der Waals surface area contributed by atoms with Crippen LogP contribution in [0.25, 0.3) is 4.85 Å². The fourth-order valence-corrected chi connectivity index (χ4v) is 3.85. The van der Waals surface area contributed by atoms with Crippen LogP contribution in [-0.2, 0) is 9.47 Å². The molecule has 0 saturated carbocycles. The Kier molecular flexibility index (Phi) is 3.19. The summed E-state index contributed by atoms with van der Waals surface area (Å²) in [6, 6.07) is 0.0589. The summed E-state index contributed by atoms with van der Waals surface area (Å²) in [4.78, 5) is 3.60. The summed E-state index contributed by atoms with van der Waals surface area (Å²) in [6.07, 6.45) is 7.05. The second kappa shape index (κ2) is 4.61. The van der Waals surface area contributed by atoms with Crippen LogP contribution in [0, 0.1) is 12.5 Å². The average Bonchev–Trinajstić information content (AvgIpc) is 2.70. The number of fused-ring (bicyclic) bond motifs is 1. The molecule has 0 amide bonds. The van der Waals surface area contributed by atoms with E-state index in [9.17, 15) is 0 Å². The van der Waals surface area contributed by atoms with Gasteiger partial charge in [0, 0.05) is 25.7 Å². The third kappa shape index (κ3) is 2.11. The maximum Gasteiger partial charge on any atom is 0.223 e. The Labute approximate surface area is 115 Å². The highest BCUT2D eigenvalue weighted by Crippen LogP contribution is 2.49. The molecular weight excluding hydrogens is 238 g/mol. The minimum Gasteiger partial charge on any atom is -0.371 e. The van der Waals surface area contributed by atoms with Gasteiger partial charge in [0.25, 0.3) is 0 Å². The molecule has 0 aromatic rings. The van der Waals surface area contributed by atoms with Gasteiger partial charge in [-0.15, -0.1) is 0 Å². The highest BCUT2D eigenvalue weighted by atomic mass is 16.6. The summed E-state index contributed by atoms with van der Waals surface area (Å²) >= 11 is 0. The lowest BCUT2D eigenvalue weighted by atomic mass is 9.77. The van der Waals surface area contributed by atoms with Crippen molar-refractivity contribution in [1.82, 2.24) is 0 Å². The summed E-state index contributed by atoms with van der Waals surface area (Å²) in [5.41, 5.74) is 1.21. The fourth-order valence-electron chi connectivity index (χ4n) is 3.85. The molecule has 1 unspecified atom stereocenters. The highest BCUT2D eigenvalue weighted by molar-refractivity contribution is 5.25. The van der Waals surface area contributed by atoms with Crippen LogP contribution in [0.1, 0.15) is 46.5 Å². The summed E-state index contributed by atoms with van der Waals surface area (Å²) in [6.45, 7) is 13.5. The first-order valence-electron chi connectivity index (χ1n) is 7.43. The van der Waals surface area contributed by atoms with Gasteiger partial charge >= 0.3 is 0 Å². The predicted molar refractivity (Wildman–Crippen MR) is 73.7 cm³/mol. The molecule has 2 heterocycles. The maximum absolute atomic E-state index is 7.10. The van der Waals surface area contributed by atoms with Crippen molar-refractivity contribution in [2.45, 2.75) is 76.4 Å². The number of hydrogen-bond donors (Lipinski definition) is 0. The predicted octanol–water partition coefficient (Wildman–Crippen LogP) is 3.36. The zero-order valence-electron chi connectivity index (χ0n) is 12.1. The third-order valence-electron chi connectivity index (χ3n) is 5.11. The molecule has 2 bridgehead atoms. The maximum atomic E-state index is 7.10. The Morgan fingerprint density at radius 2 is 2.32 bits per heavy atom. The van der Waals surface area contributed by atoms with E-state index in [0.29, 0.717) is 12.0 Å². The SMILES string of the molecule is [C-]#[N+][C@@H](C)C[C@H]1CC[C@@H]2O[C@@H]3C[C@]2(C=C(C)C3C)O1. The number of hydrogen-bond acceptors (Lipinski definition) is 2. The van der Waals surface area contributed by atoms with E-state index in [4.69, 9.17) is 16.0 Å². The Morgan fingerprint density at radius 3 is 3.05 bits per heavy atom. The summed E-state index contributed by atoms with van der Waals surface area (Å²) in [5.74, 6) is 0.514. The van der Waals surface area contributed by atoms with E-state index in [-0.39, 0.29) is 23.9 Å². The summed E-state index contributed by atoms with van der Waals surface area (Å²) in [7, 11) is 0. The van der Waals surface area contributed by atoms with Gasteiger partial charge in [-0.2, -0.15) is 0 Å². The molecule has 0 aromatic heterocycles. The first-order chi connectivity index (χ1) is 9.04. The topological polar surface area (TPSA) is 22.8 Å². The number of rotatable bonds is 2. The van der Waals surface area contributed by atoms with E-state index in [2.05, 4.69) is 24.8 Å². The Balaban J connectivity index is 1.79. The van der Waals surface area contributed by atoms with Crippen LogP contribution in [0.5, 0.6) is 0 Å². The molecule has 1 aliphatic carbocycles. The molecule has 3 nitrogen and oxygen atoms in total. The second-order valence-electron chi connectivity index (χ2n) is 6.53. The molecular formula is C16H23NO2. The molecule has 6 atom stereocenters. The molecule has 19 heavy (non-hydrogen) atoms. The third-order valence-corrected chi connectivity index (χ3v) is 5.11. The normalized spacial score (nSPS) is 46.1. The Hall–Kier alpha value is -0.850. The molecule has 104 valence electrons. The van der Waals surface area contributed by atoms with Gasteiger partial charge in [0.05, 0.1) is 18.3 Å². The van der Waals surface area contributed by atoms with Gasteiger partial charge < -0.3 is 14.3 Å². The molecule has 3 heteroatoms. The van der Waals surface area contributed by atoms with Gasteiger partial charge in [0.1, 0.15) is 5.60 Å². The van der Waals surface area contributed by atoms with Crippen LogP contribution in [-0.4, -0.2) is 30.0 Å². The minimum atomic E-state index is -0.189. The Bertz CT molecular complexity index is 439. The van der Waals surface area contributed by atoms with Crippen molar-refractivity contribution in [2.75, 3.05) is 0 Å². The molecule has 0 aromatic carbocycles. The monoisotopic (exact) mass is 261 g/mol. The van der Waals surface area contributed by atoms with Crippen LogP contribution in [0.3, 0.4) is 0 Å². The molecule has 3 aliphatic rings. The van der Waals surface area contributed by atoms with Crippen molar-refractivity contribution in [3.8, 4) is 0 Å². The van der Waals surface area contributed by atoms with Crippen LogP contribution in [0.15, 0.2) is 11.6 Å². The van der Waals surface area contributed by atoms with E-state index in [1.54, 1.807) is 0 Å². The van der Waals surface area contributed by atoms with Crippen molar-refractivity contribution in [3.63, 3.8) is 0 Å². The zero-order valence-corrected chi connectivity index (χ0v) is 12.1. The van der Waals surface area contributed by atoms with E-state index in [1.165, 1.54) is 5.57 Å². The molecule has 1 spiro atoms. The smallest absolute Gasteiger partial charge is 0.223 e. The van der Waals surface area contributed by atoms with Gasteiger partial charge in [0.2, 0.25) is 6.04 Å². The first-order valence-corrected chi connectivity index (χ1v) is 7.43. The van der Waals surface area contributed by atoms with E-state index < -0.39 is 0 Å². The average molecular weight is 261 g/mol. The largest absolute Gasteiger partial charge is 0.371 e. The van der Waals surface area contributed by atoms with E-state index in [1.807, 2.05) is 6.92 Å². The molecule has 2 saturated heterocycles. The van der Waals surface area contributed by atoms with E-state index in [0.717, 1.165) is 25.7 Å². The summed E-state index contributed by atoms with van der Waals surface area (Å²) in [5, 5.41) is 0. The zero-order chi connectivity index (χ0) is 13.6. The molecule has 0 radical (unpaired) electrons. The quantitative estimate of drug-likeness (QED) is 0.562. The van der Waals surface area contributed by atoms with Crippen molar-refractivity contribution in [1.29, 1.82) is 0 Å².